The molecule has 3 rings (SSSR count). The van der Waals surface area contributed by atoms with E-state index in [4.69, 9.17) is 0 Å². The van der Waals surface area contributed by atoms with E-state index >= 15 is 0 Å². The van der Waals surface area contributed by atoms with Gasteiger partial charge in [0, 0.05) is 5.56 Å². The maximum absolute atomic E-state index is 14.4. The maximum atomic E-state index is 14.4. The summed E-state index contributed by atoms with van der Waals surface area (Å²) in [5.41, 5.74) is 0.451. The Morgan fingerprint density at radius 2 is 1.39 bits per heavy atom. The molecule has 1 aliphatic rings. The molecule has 0 N–H and O–H groups in total. The number of halogens is 4. The quantitative estimate of drug-likeness (QED) is 0.237. The highest BCUT2D eigenvalue weighted by Gasteiger charge is 2.21. The Morgan fingerprint density at radius 1 is 0.742 bits per heavy atom. The van der Waals surface area contributed by atoms with Gasteiger partial charge in [-0.3, -0.25) is 0 Å². The standard InChI is InChI=1S/C27H30F4/c1-2-3-4-5-19-6-8-20(9-7-19)10-11-22-17-25(29)23(26(30)18-22)14-12-21-13-15-24(28)27(31)16-21/h13,15-20H,2-11H2,1H3. The minimum absolute atomic E-state index is 0.159. The summed E-state index contributed by atoms with van der Waals surface area (Å²) in [6, 6.07) is 5.80. The van der Waals surface area contributed by atoms with Crippen LogP contribution in [0, 0.1) is 46.9 Å². The highest BCUT2D eigenvalue weighted by atomic mass is 19.2. The van der Waals surface area contributed by atoms with E-state index in [1.807, 2.05) is 0 Å². The molecule has 2 aromatic carbocycles. The summed E-state index contributed by atoms with van der Waals surface area (Å²) in [7, 11) is 0. The van der Waals surface area contributed by atoms with Crippen LogP contribution in [0.25, 0.3) is 0 Å². The van der Waals surface area contributed by atoms with Crippen LogP contribution in [0.1, 0.15) is 81.4 Å². The lowest BCUT2D eigenvalue weighted by molar-refractivity contribution is 0.249. The van der Waals surface area contributed by atoms with Gasteiger partial charge in [0.2, 0.25) is 0 Å². The third-order valence-electron chi connectivity index (χ3n) is 6.38. The summed E-state index contributed by atoms with van der Waals surface area (Å²) >= 11 is 0. The number of hydrogen-bond donors (Lipinski definition) is 0. The molecule has 0 amide bonds. The largest absolute Gasteiger partial charge is 0.206 e. The van der Waals surface area contributed by atoms with Gasteiger partial charge >= 0.3 is 0 Å². The Balaban J connectivity index is 1.55. The monoisotopic (exact) mass is 430 g/mol. The van der Waals surface area contributed by atoms with Crippen LogP contribution in [0.4, 0.5) is 17.6 Å². The molecule has 0 nitrogen and oxygen atoms in total. The number of rotatable bonds is 7. The molecule has 1 saturated carbocycles. The van der Waals surface area contributed by atoms with Crippen molar-refractivity contribution in [3.05, 3.63) is 70.3 Å². The fourth-order valence-electron chi connectivity index (χ4n) is 4.46. The predicted molar refractivity (Wildman–Crippen MR) is 117 cm³/mol. The molecule has 0 unspecified atom stereocenters. The summed E-state index contributed by atoms with van der Waals surface area (Å²) in [6.07, 6.45) is 11.8. The molecule has 1 fully saturated rings. The van der Waals surface area contributed by atoms with Crippen LogP contribution in [-0.4, -0.2) is 0 Å². The third-order valence-corrected chi connectivity index (χ3v) is 6.38. The summed E-state index contributed by atoms with van der Waals surface area (Å²) in [4.78, 5) is 0. The molecule has 0 heterocycles. The first-order chi connectivity index (χ1) is 15.0. The van der Waals surface area contributed by atoms with Crippen LogP contribution < -0.4 is 0 Å². The normalized spacial score (nSPS) is 18.5. The van der Waals surface area contributed by atoms with Crippen LogP contribution in [0.15, 0.2) is 30.3 Å². The van der Waals surface area contributed by atoms with E-state index in [1.165, 1.54) is 69.6 Å². The average Bonchev–Trinajstić information content (AvgIpc) is 2.75. The van der Waals surface area contributed by atoms with E-state index in [0.29, 0.717) is 17.9 Å². The van der Waals surface area contributed by atoms with Crippen LogP contribution in [0.5, 0.6) is 0 Å². The molecular formula is C27H30F4. The molecular weight excluding hydrogens is 400 g/mol. The minimum atomic E-state index is -1.04. The summed E-state index contributed by atoms with van der Waals surface area (Å²) in [5, 5.41) is 0. The van der Waals surface area contributed by atoms with Crippen molar-refractivity contribution in [2.75, 3.05) is 0 Å². The van der Waals surface area contributed by atoms with E-state index in [9.17, 15) is 17.6 Å². The van der Waals surface area contributed by atoms with Crippen molar-refractivity contribution in [3.63, 3.8) is 0 Å². The van der Waals surface area contributed by atoms with E-state index < -0.39 is 23.3 Å². The van der Waals surface area contributed by atoms with E-state index in [-0.39, 0.29) is 11.1 Å². The molecule has 1 aliphatic carbocycles. The van der Waals surface area contributed by atoms with Gasteiger partial charge in [-0.25, -0.2) is 17.6 Å². The van der Waals surface area contributed by atoms with Gasteiger partial charge in [-0.2, -0.15) is 0 Å². The molecule has 0 aliphatic heterocycles. The third kappa shape index (κ3) is 6.86. The van der Waals surface area contributed by atoms with Crippen molar-refractivity contribution in [2.24, 2.45) is 11.8 Å². The van der Waals surface area contributed by atoms with Gasteiger partial charge in [0.05, 0.1) is 5.56 Å². The van der Waals surface area contributed by atoms with Crippen molar-refractivity contribution in [3.8, 4) is 11.8 Å². The Morgan fingerprint density at radius 3 is 2.00 bits per heavy atom. The summed E-state index contributed by atoms with van der Waals surface area (Å²) < 4.78 is 55.1. The highest BCUT2D eigenvalue weighted by Crippen LogP contribution is 2.34. The van der Waals surface area contributed by atoms with Gasteiger partial charge in [-0.1, -0.05) is 70.1 Å². The van der Waals surface area contributed by atoms with Crippen molar-refractivity contribution < 1.29 is 17.6 Å². The van der Waals surface area contributed by atoms with Gasteiger partial charge in [0.1, 0.15) is 11.6 Å². The topological polar surface area (TPSA) is 0 Å². The van der Waals surface area contributed by atoms with Crippen molar-refractivity contribution in [1.82, 2.24) is 0 Å². The number of hydrogen-bond acceptors (Lipinski definition) is 0. The summed E-state index contributed by atoms with van der Waals surface area (Å²) in [5.74, 6) is 2.92. The first-order valence-corrected chi connectivity index (χ1v) is 11.4. The molecule has 2 aromatic rings. The summed E-state index contributed by atoms with van der Waals surface area (Å²) in [6.45, 7) is 2.23. The van der Waals surface area contributed by atoms with Crippen molar-refractivity contribution in [1.29, 1.82) is 0 Å². The van der Waals surface area contributed by atoms with Gasteiger partial charge in [-0.05, 0) is 60.6 Å². The zero-order chi connectivity index (χ0) is 22.2. The number of unbranched alkanes of at least 4 members (excludes halogenated alkanes) is 2. The van der Waals surface area contributed by atoms with E-state index in [1.54, 1.807) is 0 Å². The smallest absolute Gasteiger partial charge is 0.160 e. The zero-order valence-corrected chi connectivity index (χ0v) is 18.1. The molecule has 0 atom stereocenters. The van der Waals surface area contributed by atoms with Gasteiger partial charge < -0.3 is 0 Å². The van der Waals surface area contributed by atoms with E-state index in [0.717, 1.165) is 24.5 Å². The zero-order valence-electron chi connectivity index (χ0n) is 18.1. The predicted octanol–water partition coefficient (Wildman–Crippen LogP) is 7.96. The molecule has 0 aromatic heterocycles. The fourth-order valence-corrected chi connectivity index (χ4v) is 4.46. The fraction of sp³-hybridized carbons (Fsp3) is 0.481. The lowest BCUT2D eigenvalue weighted by Crippen LogP contribution is -2.15. The Labute approximate surface area is 183 Å². The van der Waals surface area contributed by atoms with Gasteiger partial charge in [0.25, 0.3) is 0 Å². The van der Waals surface area contributed by atoms with Crippen LogP contribution in [-0.2, 0) is 6.42 Å². The average molecular weight is 431 g/mol. The second kappa shape index (κ2) is 11.4. The number of benzene rings is 2. The molecule has 0 saturated heterocycles. The first kappa shape index (κ1) is 23.4. The minimum Gasteiger partial charge on any atom is -0.206 e. The Bertz CT molecular complexity index is 907. The van der Waals surface area contributed by atoms with E-state index in [2.05, 4.69) is 18.8 Å². The molecule has 0 radical (unpaired) electrons. The Kier molecular flexibility index (Phi) is 8.58. The molecule has 0 bridgehead atoms. The maximum Gasteiger partial charge on any atom is 0.160 e. The Hall–Kier alpha value is -2.28. The molecule has 0 spiro atoms. The molecule has 4 heteroatoms. The lowest BCUT2D eigenvalue weighted by Gasteiger charge is -2.28. The lowest BCUT2D eigenvalue weighted by atomic mass is 9.78. The van der Waals surface area contributed by atoms with Crippen LogP contribution in [0.3, 0.4) is 0 Å². The van der Waals surface area contributed by atoms with Crippen LogP contribution in [0.2, 0.25) is 0 Å². The molecule has 31 heavy (non-hydrogen) atoms. The molecule has 166 valence electrons. The highest BCUT2D eigenvalue weighted by molar-refractivity contribution is 5.45. The second-order valence-electron chi connectivity index (χ2n) is 8.73. The SMILES string of the molecule is CCCCCC1CCC(CCc2cc(F)c(C#Cc3ccc(F)c(F)c3)c(F)c2)CC1. The van der Waals surface area contributed by atoms with Gasteiger partial charge in [-0.15, -0.1) is 0 Å². The second-order valence-corrected chi connectivity index (χ2v) is 8.73. The van der Waals surface area contributed by atoms with Gasteiger partial charge in [0.15, 0.2) is 11.6 Å². The number of aryl methyl sites for hydroxylation is 1. The van der Waals surface area contributed by atoms with Crippen molar-refractivity contribution in [2.45, 2.75) is 71.1 Å². The first-order valence-electron chi connectivity index (χ1n) is 11.4. The van der Waals surface area contributed by atoms with Crippen LogP contribution >= 0.6 is 0 Å². The van der Waals surface area contributed by atoms with Crippen molar-refractivity contribution >= 4 is 0 Å².